The number of rotatable bonds is 4. The molecule has 1 aromatic heterocycles. The number of benzene rings is 1. The summed E-state index contributed by atoms with van der Waals surface area (Å²) in [6, 6.07) is 4.35. The highest BCUT2D eigenvalue weighted by Gasteiger charge is 2.17. The molecular formula is C11H8N2O5S. The van der Waals surface area contributed by atoms with E-state index in [9.17, 15) is 14.9 Å². The zero-order valence-electron chi connectivity index (χ0n) is 9.69. The second-order valence-corrected chi connectivity index (χ2v) is 4.34. The van der Waals surface area contributed by atoms with Crippen molar-refractivity contribution in [1.82, 2.24) is 4.98 Å². The number of aromatic carboxylic acids is 1. The molecule has 0 aliphatic rings. The number of carboxylic acid groups (broad SMARTS) is 1. The fraction of sp³-hybridized carbons (Fsp3) is 0.0909. The first kappa shape index (κ1) is 13.0. The summed E-state index contributed by atoms with van der Waals surface area (Å²) in [6.45, 7) is 0. The van der Waals surface area contributed by atoms with Crippen LogP contribution in [0.25, 0.3) is 11.3 Å². The third-order valence-corrected chi connectivity index (χ3v) is 3.19. The van der Waals surface area contributed by atoms with Crippen molar-refractivity contribution in [3.05, 3.63) is 38.7 Å². The predicted octanol–water partition coefficient (Wildman–Crippen LogP) is 2.43. The van der Waals surface area contributed by atoms with Gasteiger partial charge in [0.05, 0.1) is 17.7 Å². The van der Waals surface area contributed by atoms with Crippen LogP contribution < -0.4 is 4.74 Å². The molecule has 98 valence electrons. The van der Waals surface area contributed by atoms with Gasteiger partial charge in [-0.25, -0.2) is 9.78 Å². The number of aromatic nitrogens is 1. The van der Waals surface area contributed by atoms with Crippen molar-refractivity contribution < 1.29 is 19.6 Å². The SMILES string of the molecule is COc1ccc(-c2csc(C(=O)O)n2)cc1[N+](=O)[O-]. The van der Waals surface area contributed by atoms with Crippen LogP contribution in [0.1, 0.15) is 9.80 Å². The van der Waals surface area contributed by atoms with Crippen LogP contribution in [0.15, 0.2) is 23.6 Å². The fourth-order valence-electron chi connectivity index (χ4n) is 1.50. The van der Waals surface area contributed by atoms with Gasteiger partial charge in [0.15, 0.2) is 5.75 Å². The Bertz CT molecular complexity index is 652. The molecule has 0 spiro atoms. The van der Waals surface area contributed by atoms with Crippen LogP contribution in [0.2, 0.25) is 0 Å². The molecule has 1 N–H and O–H groups in total. The Morgan fingerprint density at radius 2 is 2.26 bits per heavy atom. The third-order valence-electron chi connectivity index (χ3n) is 2.36. The minimum atomic E-state index is -1.13. The average Bonchev–Trinajstić information content (AvgIpc) is 2.87. The summed E-state index contributed by atoms with van der Waals surface area (Å²) >= 11 is 0.965. The Labute approximate surface area is 111 Å². The maximum atomic E-state index is 10.9. The quantitative estimate of drug-likeness (QED) is 0.681. The van der Waals surface area contributed by atoms with Crippen molar-refractivity contribution in [2.45, 2.75) is 0 Å². The highest BCUT2D eigenvalue weighted by Crippen LogP contribution is 2.32. The Kier molecular flexibility index (Phi) is 3.43. The van der Waals surface area contributed by atoms with E-state index >= 15 is 0 Å². The van der Waals surface area contributed by atoms with Crippen LogP contribution in [-0.4, -0.2) is 28.1 Å². The molecule has 0 aliphatic carbocycles. The van der Waals surface area contributed by atoms with Gasteiger partial charge in [0.2, 0.25) is 5.01 Å². The highest BCUT2D eigenvalue weighted by molar-refractivity contribution is 7.11. The van der Waals surface area contributed by atoms with E-state index in [4.69, 9.17) is 9.84 Å². The lowest BCUT2D eigenvalue weighted by Crippen LogP contribution is -1.95. The van der Waals surface area contributed by atoms with Gasteiger partial charge in [0.25, 0.3) is 0 Å². The number of methoxy groups -OCH3 is 1. The highest BCUT2D eigenvalue weighted by atomic mass is 32.1. The van der Waals surface area contributed by atoms with Crippen LogP contribution in [-0.2, 0) is 0 Å². The molecule has 8 heteroatoms. The molecule has 0 saturated heterocycles. The van der Waals surface area contributed by atoms with E-state index in [0.29, 0.717) is 11.3 Å². The van der Waals surface area contributed by atoms with Crippen molar-refractivity contribution in [2.24, 2.45) is 0 Å². The topological polar surface area (TPSA) is 103 Å². The number of ether oxygens (including phenoxy) is 1. The molecule has 19 heavy (non-hydrogen) atoms. The Morgan fingerprint density at radius 3 is 2.79 bits per heavy atom. The average molecular weight is 280 g/mol. The van der Waals surface area contributed by atoms with E-state index in [2.05, 4.69) is 4.98 Å². The van der Waals surface area contributed by atoms with E-state index in [-0.39, 0.29) is 16.4 Å². The van der Waals surface area contributed by atoms with E-state index in [1.807, 2.05) is 0 Å². The van der Waals surface area contributed by atoms with Crippen molar-refractivity contribution in [1.29, 1.82) is 0 Å². The van der Waals surface area contributed by atoms with Gasteiger partial charge in [-0.15, -0.1) is 11.3 Å². The summed E-state index contributed by atoms with van der Waals surface area (Å²) in [6.07, 6.45) is 0. The Balaban J connectivity index is 2.47. The van der Waals surface area contributed by atoms with Crippen molar-refractivity contribution in [2.75, 3.05) is 7.11 Å². The lowest BCUT2D eigenvalue weighted by Gasteiger charge is -2.02. The van der Waals surface area contributed by atoms with Gasteiger partial charge in [-0.3, -0.25) is 10.1 Å². The summed E-state index contributed by atoms with van der Waals surface area (Å²) < 4.78 is 4.89. The molecule has 1 aromatic carbocycles. The van der Waals surface area contributed by atoms with Gasteiger partial charge in [0, 0.05) is 17.0 Å². The maximum Gasteiger partial charge on any atom is 0.365 e. The molecular weight excluding hydrogens is 272 g/mol. The lowest BCUT2D eigenvalue weighted by molar-refractivity contribution is -0.385. The normalized spacial score (nSPS) is 10.2. The maximum absolute atomic E-state index is 10.9. The third kappa shape index (κ3) is 2.52. The molecule has 0 aliphatic heterocycles. The predicted molar refractivity (Wildman–Crippen MR) is 67.7 cm³/mol. The Morgan fingerprint density at radius 1 is 1.53 bits per heavy atom. The molecule has 1 heterocycles. The van der Waals surface area contributed by atoms with Crippen LogP contribution in [0, 0.1) is 10.1 Å². The van der Waals surface area contributed by atoms with Crippen molar-refractivity contribution in [3.63, 3.8) is 0 Å². The van der Waals surface area contributed by atoms with Crippen LogP contribution >= 0.6 is 11.3 Å². The number of nitrogens with zero attached hydrogens (tertiary/aromatic N) is 2. The zero-order chi connectivity index (χ0) is 14.0. The largest absolute Gasteiger partial charge is 0.490 e. The van der Waals surface area contributed by atoms with E-state index < -0.39 is 10.9 Å². The number of carbonyl (C=O) groups is 1. The summed E-state index contributed by atoms with van der Waals surface area (Å²) in [5.41, 5.74) is 0.661. The first-order valence-corrected chi connectivity index (χ1v) is 5.92. The molecule has 0 unspecified atom stereocenters. The molecule has 0 saturated carbocycles. The summed E-state index contributed by atoms with van der Waals surface area (Å²) in [5, 5.41) is 21.2. The van der Waals surface area contributed by atoms with Crippen LogP contribution in [0.3, 0.4) is 0 Å². The monoisotopic (exact) mass is 280 g/mol. The Hall–Kier alpha value is -2.48. The van der Waals surface area contributed by atoms with Gasteiger partial charge in [-0.1, -0.05) is 0 Å². The summed E-state index contributed by atoms with van der Waals surface area (Å²) in [7, 11) is 1.34. The minimum Gasteiger partial charge on any atom is -0.490 e. The smallest absolute Gasteiger partial charge is 0.365 e. The molecule has 2 rings (SSSR count). The van der Waals surface area contributed by atoms with Crippen molar-refractivity contribution >= 4 is 23.0 Å². The van der Waals surface area contributed by atoms with E-state index in [1.165, 1.54) is 24.6 Å². The molecule has 0 bridgehead atoms. The first-order valence-electron chi connectivity index (χ1n) is 5.04. The van der Waals surface area contributed by atoms with Gasteiger partial charge in [-0.05, 0) is 12.1 Å². The fourth-order valence-corrected chi connectivity index (χ4v) is 2.16. The summed E-state index contributed by atoms with van der Waals surface area (Å²) in [4.78, 5) is 25.0. The zero-order valence-corrected chi connectivity index (χ0v) is 10.5. The number of hydrogen-bond acceptors (Lipinski definition) is 6. The molecule has 0 atom stereocenters. The number of carboxylic acids is 1. The number of nitro benzene ring substituents is 1. The van der Waals surface area contributed by atoms with Gasteiger partial charge in [0.1, 0.15) is 0 Å². The second-order valence-electron chi connectivity index (χ2n) is 3.49. The second kappa shape index (κ2) is 5.02. The number of nitro groups is 1. The number of thiazole rings is 1. The first-order chi connectivity index (χ1) is 9.02. The molecule has 7 nitrogen and oxygen atoms in total. The standard InChI is InChI=1S/C11H8N2O5S/c1-18-9-3-2-6(4-8(9)13(16)17)7-5-19-10(12-7)11(14)15/h2-5H,1H3,(H,14,15). The molecule has 0 fully saturated rings. The van der Waals surface area contributed by atoms with E-state index in [0.717, 1.165) is 11.3 Å². The van der Waals surface area contributed by atoms with E-state index in [1.54, 1.807) is 6.07 Å². The van der Waals surface area contributed by atoms with Gasteiger partial charge >= 0.3 is 11.7 Å². The van der Waals surface area contributed by atoms with Crippen molar-refractivity contribution in [3.8, 4) is 17.0 Å². The molecule has 2 aromatic rings. The van der Waals surface area contributed by atoms with Gasteiger partial charge < -0.3 is 9.84 Å². The minimum absolute atomic E-state index is 0.0616. The van der Waals surface area contributed by atoms with Crippen LogP contribution in [0.5, 0.6) is 5.75 Å². The summed E-state index contributed by atoms with van der Waals surface area (Å²) in [5.74, 6) is -0.985. The lowest BCUT2D eigenvalue weighted by atomic mass is 10.1. The van der Waals surface area contributed by atoms with Gasteiger partial charge in [-0.2, -0.15) is 0 Å². The number of hydrogen-bond donors (Lipinski definition) is 1. The molecule has 0 radical (unpaired) electrons. The molecule has 0 amide bonds. The van der Waals surface area contributed by atoms with Crippen LogP contribution in [0.4, 0.5) is 5.69 Å².